The van der Waals surface area contributed by atoms with E-state index < -0.39 is 5.41 Å². The van der Waals surface area contributed by atoms with E-state index in [2.05, 4.69) is 9.97 Å². The molecule has 0 radical (unpaired) electrons. The smallest absolute Gasteiger partial charge is 0.311 e. The van der Waals surface area contributed by atoms with Gasteiger partial charge in [-0.05, 0) is 34.6 Å². The number of rotatable bonds is 3. The predicted octanol–water partition coefficient (Wildman–Crippen LogP) is 1.68. The van der Waals surface area contributed by atoms with Crippen LogP contribution in [0.15, 0.2) is 0 Å². The lowest BCUT2D eigenvalue weighted by Crippen LogP contribution is -2.23. The summed E-state index contributed by atoms with van der Waals surface area (Å²) < 4.78 is 5.20. The fourth-order valence-corrected chi connectivity index (χ4v) is 1.33. The van der Waals surface area contributed by atoms with Crippen molar-refractivity contribution in [2.45, 2.75) is 47.8 Å². The van der Waals surface area contributed by atoms with E-state index in [1.54, 1.807) is 34.6 Å². The van der Waals surface area contributed by atoms with Gasteiger partial charge in [0.2, 0.25) is 0 Å². The van der Waals surface area contributed by atoms with Gasteiger partial charge in [0.1, 0.15) is 6.61 Å². The summed E-state index contributed by atoms with van der Waals surface area (Å²) in [4.78, 5) is 20.2. The predicted molar refractivity (Wildman–Crippen MR) is 66.7 cm³/mol. The Morgan fingerprint density at radius 2 is 1.67 bits per heavy atom. The lowest BCUT2D eigenvalue weighted by molar-refractivity contribution is -0.154. The number of carbonyl (C=O) groups is 1. The van der Waals surface area contributed by atoms with Crippen molar-refractivity contribution in [2.75, 3.05) is 0 Å². The second kappa shape index (κ2) is 5.44. The number of hydrogen-bond donors (Lipinski definition) is 1. The number of aliphatic hydroxyl groups excluding tert-OH is 1. The molecule has 5 heteroatoms. The molecule has 0 amide bonds. The Hall–Kier alpha value is -1.49. The number of aryl methyl sites for hydroxylation is 2. The number of aromatic nitrogens is 2. The van der Waals surface area contributed by atoms with Crippen LogP contribution in [0.5, 0.6) is 0 Å². The molecule has 0 saturated heterocycles. The molecule has 0 aliphatic carbocycles. The third kappa shape index (κ3) is 3.50. The van der Waals surface area contributed by atoms with E-state index in [0.717, 1.165) is 0 Å². The van der Waals surface area contributed by atoms with Crippen LogP contribution in [0.4, 0.5) is 0 Å². The molecular weight excluding hydrogens is 232 g/mol. The number of esters is 1. The molecular formula is C13H20N2O3. The van der Waals surface area contributed by atoms with Crippen molar-refractivity contribution in [3.63, 3.8) is 0 Å². The molecule has 0 aromatic carbocycles. The van der Waals surface area contributed by atoms with E-state index in [1.807, 2.05) is 0 Å². The number of ether oxygens (including phenoxy) is 1. The zero-order chi connectivity index (χ0) is 13.9. The summed E-state index contributed by atoms with van der Waals surface area (Å²) in [7, 11) is 0. The van der Waals surface area contributed by atoms with Crippen LogP contribution in [0.1, 0.15) is 43.5 Å². The lowest BCUT2D eigenvalue weighted by atomic mass is 9.97. The van der Waals surface area contributed by atoms with Crippen molar-refractivity contribution in [3.05, 3.63) is 22.8 Å². The summed E-state index contributed by atoms with van der Waals surface area (Å²) in [5.74, 6) is -0.271. The zero-order valence-electron chi connectivity index (χ0n) is 11.6. The molecule has 0 aliphatic rings. The zero-order valence-corrected chi connectivity index (χ0v) is 11.6. The van der Waals surface area contributed by atoms with Crippen molar-refractivity contribution < 1.29 is 14.6 Å². The summed E-state index contributed by atoms with van der Waals surface area (Å²) in [6, 6.07) is 0. The number of nitrogens with zero attached hydrogens (tertiary/aromatic N) is 2. The average Bonchev–Trinajstić information content (AvgIpc) is 2.27. The lowest BCUT2D eigenvalue weighted by Gasteiger charge is -2.17. The van der Waals surface area contributed by atoms with E-state index in [4.69, 9.17) is 9.84 Å². The third-order valence-corrected chi connectivity index (χ3v) is 2.54. The Morgan fingerprint density at radius 3 is 2.17 bits per heavy atom. The molecule has 0 aliphatic heterocycles. The fraction of sp³-hybridized carbons (Fsp3) is 0.615. The average molecular weight is 252 g/mol. The van der Waals surface area contributed by atoms with E-state index in [1.165, 1.54) is 0 Å². The highest BCUT2D eigenvalue weighted by atomic mass is 16.5. The second-order valence-electron chi connectivity index (χ2n) is 5.27. The first-order valence-electron chi connectivity index (χ1n) is 5.86. The largest absolute Gasteiger partial charge is 0.459 e. The highest BCUT2D eigenvalue weighted by Crippen LogP contribution is 2.17. The van der Waals surface area contributed by atoms with E-state index in [9.17, 15) is 4.79 Å². The summed E-state index contributed by atoms with van der Waals surface area (Å²) in [5.41, 5.74) is 1.98. The van der Waals surface area contributed by atoms with Crippen LogP contribution in [0.2, 0.25) is 0 Å². The maximum atomic E-state index is 11.6. The topological polar surface area (TPSA) is 72.3 Å². The van der Waals surface area contributed by atoms with E-state index in [0.29, 0.717) is 22.8 Å². The SMILES string of the molecule is Cc1nc(COC(=O)C(C)(C)C)c(C)nc1CO. The van der Waals surface area contributed by atoms with Crippen LogP contribution in [-0.4, -0.2) is 21.0 Å². The first kappa shape index (κ1) is 14.6. The minimum absolute atomic E-state index is 0.113. The Morgan fingerprint density at radius 1 is 1.17 bits per heavy atom. The van der Waals surface area contributed by atoms with Crippen LogP contribution in [0.25, 0.3) is 0 Å². The molecule has 1 N–H and O–H groups in total. The molecule has 1 rings (SSSR count). The highest BCUT2D eigenvalue weighted by molar-refractivity contribution is 5.75. The minimum atomic E-state index is -0.526. The highest BCUT2D eigenvalue weighted by Gasteiger charge is 2.23. The van der Waals surface area contributed by atoms with Gasteiger partial charge in [0.05, 0.1) is 34.8 Å². The van der Waals surface area contributed by atoms with Gasteiger partial charge in [0.25, 0.3) is 0 Å². The Kier molecular flexibility index (Phi) is 4.40. The summed E-state index contributed by atoms with van der Waals surface area (Å²) in [6.45, 7) is 8.93. The van der Waals surface area contributed by atoms with Gasteiger partial charge in [-0.1, -0.05) is 0 Å². The van der Waals surface area contributed by atoms with Gasteiger partial charge >= 0.3 is 5.97 Å². The van der Waals surface area contributed by atoms with Gasteiger partial charge in [-0.2, -0.15) is 0 Å². The molecule has 0 bridgehead atoms. The molecule has 0 saturated carbocycles. The van der Waals surface area contributed by atoms with Gasteiger partial charge in [-0.25, -0.2) is 0 Å². The molecule has 0 unspecified atom stereocenters. The third-order valence-electron chi connectivity index (χ3n) is 2.54. The molecule has 1 heterocycles. The first-order chi connectivity index (χ1) is 8.25. The monoisotopic (exact) mass is 252 g/mol. The fourth-order valence-electron chi connectivity index (χ4n) is 1.33. The van der Waals surface area contributed by atoms with Crippen LogP contribution < -0.4 is 0 Å². The van der Waals surface area contributed by atoms with Gasteiger partial charge in [-0.15, -0.1) is 0 Å². The van der Waals surface area contributed by atoms with Crippen molar-refractivity contribution in [3.8, 4) is 0 Å². The minimum Gasteiger partial charge on any atom is -0.459 e. The standard InChI is InChI=1S/C13H20N2O3/c1-8-10(6-16)14-9(2)11(15-8)7-18-12(17)13(3,4)5/h16H,6-7H2,1-5H3. The van der Waals surface area contributed by atoms with E-state index in [-0.39, 0.29) is 19.2 Å². The Bertz CT molecular complexity index is 450. The summed E-state index contributed by atoms with van der Waals surface area (Å²) >= 11 is 0. The normalized spacial score (nSPS) is 11.4. The quantitative estimate of drug-likeness (QED) is 0.828. The van der Waals surface area contributed by atoms with E-state index >= 15 is 0 Å². The second-order valence-corrected chi connectivity index (χ2v) is 5.27. The summed E-state index contributed by atoms with van der Waals surface area (Å²) in [6.07, 6.45) is 0. The molecule has 100 valence electrons. The van der Waals surface area contributed by atoms with Crippen LogP contribution in [-0.2, 0) is 22.7 Å². The van der Waals surface area contributed by atoms with Gasteiger partial charge < -0.3 is 9.84 Å². The van der Waals surface area contributed by atoms with Crippen LogP contribution >= 0.6 is 0 Å². The number of aliphatic hydroxyl groups is 1. The van der Waals surface area contributed by atoms with Crippen molar-refractivity contribution in [1.82, 2.24) is 9.97 Å². The maximum absolute atomic E-state index is 11.6. The molecule has 1 aromatic rings. The molecule has 0 atom stereocenters. The Labute approximate surface area is 107 Å². The number of carbonyl (C=O) groups excluding carboxylic acids is 1. The van der Waals surface area contributed by atoms with Gasteiger partial charge in [0, 0.05) is 0 Å². The maximum Gasteiger partial charge on any atom is 0.311 e. The van der Waals surface area contributed by atoms with Crippen LogP contribution in [0.3, 0.4) is 0 Å². The van der Waals surface area contributed by atoms with Gasteiger partial charge in [0.15, 0.2) is 0 Å². The molecule has 1 aromatic heterocycles. The van der Waals surface area contributed by atoms with Crippen molar-refractivity contribution in [2.24, 2.45) is 5.41 Å². The molecule has 5 nitrogen and oxygen atoms in total. The Balaban J connectivity index is 2.81. The molecule has 18 heavy (non-hydrogen) atoms. The van der Waals surface area contributed by atoms with Crippen molar-refractivity contribution >= 4 is 5.97 Å². The number of hydrogen-bond acceptors (Lipinski definition) is 5. The van der Waals surface area contributed by atoms with Crippen LogP contribution in [0, 0.1) is 19.3 Å². The van der Waals surface area contributed by atoms with Gasteiger partial charge in [-0.3, -0.25) is 14.8 Å². The molecule has 0 fully saturated rings. The molecule has 0 spiro atoms. The van der Waals surface area contributed by atoms with Crippen molar-refractivity contribution in [1.29, 1.82) is 0 Å². The first-order valence-corrected chi connectivity index (χ1v) is 5.86. The summed E-state index contributed by atoms with van der Waals surface area (Å²) in [5, 5.41) is 9.07.